The molecule has 0 aliphatic heterocycles. The normalized spacial score (nSPS) is 12.4. The molecule has 0 saturated heterocycles. The fourth-order valence-corrected chi connectivity index (χ4v) is 2.87. The summed E-state index contributed by atoms with van der Waals surface area (Å²) in [7, 11) is 3.15. The van der Waals surface area contributed by atoms with E-state index in [2.05, 4.69) is 10.6 Å². The first-order valence-electron chi connectivity index (χ1n) is 10.3. The number of benzene rings is 1. The molecule has 30 heavy (non-hydrogen) atoms. The first-order valence-corrected chi connectivity index (χ1v) is 10.3. The Morgan fingerprint density at radius 1 is 1.03 bits per heavy atom. The molecule has 2 N–H and O–H groups in total. The smallest absolute Gasteiger partial charge is 0.306 e. The molecule has 0 saturated carbocycles. The number of hydrogen-bond acceptors (Lipinski definition) is 6. The quantitative estimate of drug-likeness (QED) is 0.473. The second-order valence-electron chi connectivity index (χ2n) is 6.97. The monoisotopic (exact) mass is 422 g/mol. The molecule has 0 heterocycles. The number of methoxy groups -OCH3 is 2. The molecule has 2 amide bonds. The van der Waals surface area contributed by atoms with Gasteiger partial charge in [0.25, 0.3) is 0 Å². The Morgan fingerprint density at radius 3 is 2.33 bits per heavy atom. The lowest BCUT2D eigenvalue weighted by molar-refractivity contribution is -0.144. The van der Waals surface area contributed by atoms with Crippen molar-refractivity contribution in [1.82, 2.24) is 10.6 Å². The van der Waals surface area contributed by atoms with Crippen LogP contribution in [0.15, 0.2) is 18.2 Å². The highest BCUT2D eigenvalue weighted by Crippen LogP contribution is 2.27. The Balaban J connectivity index is 2.60. The van der Waals surface area contributed by atoms with Crippen molar-refractivity contribution in [3.05, 3.63) is 23.8 Å². The van der Waals surface area contributed by atoms with Gasteiger partial charge in [0, 0.05) is 13.0 Å². The van der Waals surface area contributed by atoms with Gasteiger partial charge in [0.05, 0.1) is 27.2 Å². The van der Waals surface area contributed by atoms with Gasteiger partial charge in [0.15, 0.2) is 11.5 Å². The van der Waals surface area contributed by atoms with Crippen LogP contribution in [0.25, 0.3) is 0 Å². The van der Waals surface area contributed by atoms with E-state index in [4.69, 9.17) is 14.2 Å². The molecule has 0 spiro atoms. The zero-order chi connectivity index (χ0) is 22.5. The predicted molar refractivity (Wildman–Crippen MR) is 114 cm³/mol. The molecule has 1 rings (SSSR count). The summed E-state index contributed by atoms with van der Waals surface area (Å²) < 4.78 is 15.3. The summed E-state index contributed by atoms with van der Waals surface area (Å²) in [6.45, 7) is 6.27. The molecule has 168 valence electrons. The van der Waals surface area contributed by atoms with Gasteiger partial charge < -0.3 is 24.8 Å². The van der Waals surface area contributed by atoms with Crippen molar-refractivity contribution in [3.63, 3.8) is 0 Å². The average molecular weight is 423 g/mol. The van der Waals surface area contributed by atoms with Gasteiger partial charge >= 0.3 is 5.97 Å². The van der Waals surface area contributed by atoms with Crippen molar-refractivity contribution in [3.8, 4) is 11.5 Å². The standard InChI is InChI=1S/C22H34N2O6/c1-6-15(3)21(24-19(25)10-11-20(26)30-7-2)22(27)23-13-12-16-8-9-17(28-4)18(14-16)29-5/h8-9,14-15,21H,6-7,10-13H2,1-5H3,(H,23,27)(H,24,25). The van der Waals surface area contributed by atoms with Gasteiger partial charge in [-0.3, -0.25) is 14.4 Å². The van der Waals surface area contributed by atoms with Crippen LogP contribution in [0.1, 0.15) is 45.6 Å². The van der Waals surface area contributed by atoms with Crippen molar-refractivity contribution in [2.24, 2.45) is 5.92 Å². The van der Waals surface area contributed by atoms with Crippen LogP contribution in [0, 0.1) is 5.92 Å². The molecule has 0 aliphatic carbocycles. The van der Waals surface area contributed by atoms with E-state index in [0.717, 1.165) is 12.0 Å². The largest absolute Gasteiger partial charge is 0.493 e. The molecule has 8 heteroatoms. The molecule has 0 fully saturated rings. The van der Waals surface area contributed by atoms with E-state index in [1.54, 1.807) is 21.1 Å². The van der Waals surface area contributed by atoms with Gasteiger partial charge in [-0.2, -0.15) is 0 Å². The highest BCUT2D eigenvalue weighted by molar-refractivity contribution is 5.89. The molecule has 0 bridgehead atoms. The molecule has 2 atom stereocenters. The molecule has 0 aromatic heterocycles. The minimum absolute atomic E-state index is 0.00613. The Morgan fingerprint density at radius 2 is 1.73 bits per heavy atom. The molecule has 0 aliphatic rings. The highest BCUT2D eigenvalue weighted by Gasteiger charge is 2.25. The second kappa shape index (κ2) is 13.5. The van der Waals surface area contributed by atoms with E-state index in [1.807, 2.05) is 32.0 Å². The number of carbonyl (C=O) groups excluding carboxylic acids is 3. The van der Waals surface area contributed by atoms with Crippen LogP contribution in [-0.2, 0) is 25.5 Å². The van der Waals surface area contributed by atoms with E-state index in [0.29, 0.717) is 24.5 Å². The fraction of sp³-hybridized carbons (Fsp3) is 0.591. The minimum Gasteiger partial charge on any atom is -0.493 e. The van der Waals surface area contributed by atoms with Crippen LogP contribution in [0.3, 0.4) is 0 Å². The Hall–Kier alpha value is -2.77. The molecule has 1 aromatic carbocycles. The molecule has 8 nitrogen and oxygen atoms in total. The van der Waals surface area contributed by atoms with Gasteiger partial charge in [-0.05, 0) is 37.0 Å². The summed E-state index contributed by atoms with van der Waals surface area (Å²) in [5.41, 5.74) is 0.992. The molecular formula is C22H34N2O6. The van der Waals surface area contributed by atoms with Crippen LogP contribution in [0.5, 0.6) is 11.5 Å². The molecule has 1 aromatic rings. The maximum atomic E-state index is 12.7. The third-order valence-corrected chi connectivity index (χ3v) is 4.83. The van der Waals surface area contributed by atoms with E-state index >= 15 is 0 Å². The SMILES string of the molecule is CCOC(=O)CCC(=O)NC(C(=O)NCCc1ccc(OC)c(OC)c1)C(C)CC. The number of nitrogens with one attached hydrogen (secondary N) is 2. The number of esters is 1. The molecule has 0 radical (unpaired) electrons. The van der Waals surface area contributed by atoms with Gasteiger partial charge in [-0.25, -0.2) is 0 Å². The number of amides is 2. The average Bonchev–Trinajstić information content (AvgIpc) is 2.75. The van der Waals surface area contributed by atoms with Crippen LogP contribution >= 0.6 is 0 Å². The van der Waals surface area contributed by atoms with E-state index in [1.165, 1.54) is 0 Å². The predicted octanol–water partition coefficient (Wildman–Crippen LogP) is 2.24. The summed E-state index contributed by atoms with van der Waals surface area (Å²) in [6, 6.07) is 4.95. The topological polar surface area (TPSA) is 103 Å². The van der Waals surface area contributed by atoms with Crippen molar-refractivity contribution in [1.29, 1.82) is 0 Å². The number of ether oxygens (including phenoxy) is 3. The summed E-state index contributed by atoms with van der Waals surface area (Å²) in [5, 5.41) is 5.64. The Labute approximate surface area is 178 Å². The first-order chi connectivity index (χ1) is 14.4. The fourth-order valence-electron chi connectivity index (χ4n) is 2.87. The van der Waals surface area contributed by atoms with Crippen LogP contribution in [-0.4, -0.2) is 51.2 Å². The third-order valence-electron chi connectivity index (χ3n) is 4.83. The summed E-state index contributed by atoms with van der Waals surface area (Å²) in [6.07, 6.45) is 1.32. The minimum atomic E-state index is -0.657. The maximum Gasteiger partial charge on any atom is 0.306 e. The van der Waals surface area contributed by atoms with Crippen molar-refractivity contribution < 1.29 is 28.6 Å². The van der Waals surface area contributed by atoms with Crippen molar-refractivity contribution in [2.45, 2.75) is 52.5 Å². The molecule has 2 unspecified atom stereocenters. The first kappa shape index (κ1) is 25.3. The van der Waals surface area contributed by atoms with E-state index < -0.39 is 12.0 Å². The Bertz CT molecular complexity index is 707. The number of hydrogen-bond donors (Lipinski definition) is 2. The lowest BCUT2D eigenvalue weighted by atomic mass is 9.98. The lowest BCUT2D eigenvalue weighted by Crippen LogP contribution is -2.50. The van der Waals surface area contributed by atoms with E-state index in [-0.39, 0.29) is 37.2 Å². The number of carbonyl (C=O) groups is 3. The summed E-state index contributed by atoms with van der Waals surface area (Å²) in [5.74, 6) is 0.225. The zero-order valence-corrected chi connectivity index (χ0v) is 18.6. The Kier molecular flexibility index (Phi) is 11.3. The van der Waals surface area contributed by atoms with Gasteiger partial charge in [0.2, 0.25) is 11.8 Å². The van der Waals surface area contributed by atoms with Gasteiger partial charge in [0.1, 0.15) is 6.04 Å². The summed E-state index contributed by atoms with van der Waals surface area (Å²) in [4.78, 5) is 36.3. The third kappa shape index (κ3) is 8.31. The van der Waals surface area contributed by atoms with Gasteiger partial charge in [-0.1, -0.05) is 26.3 Å². The zero-order valence-electron chi connectivity index (χ0n) is 18.6. The summed E-state index contributed by atoms with van der Waals surface area (Å²) >= 11 is 0. The second-order valence-corrected chi connectivity index (χ2v) is 6.97. The number of rotatable bonds is 13. The van der Waals surface area contributed by atoms with Crippen LogP contribution in [0.2, 0.25) is 0 Å². The maximum absolute atomic E-state index is 12.7. The van der Waals surface area contributed by atoms with E-state index in [9.17, 15) is 14.4 Å². The molecular weight excluding hydrogens is 388 g/mol. The van der Waals surface area contributed by atoms with Gasteiger partial charge in [-0.15, -0.1) is 0 Å². The highest BCUT2D eigenvalue weighted by atomic mass is 16.5. The van der Waals surface area contributed by atoms with Crippen molar-refractivity contribution >= 4 is 17.8 Å². The van der Waals surface area contributed by atoms with Crippen molar-refractivity contribution in [2.75, 3.05) is 27.4 Å². The van der Waals surface area contributed by atoms with Crippen LogP contribution < -0.4 is 20.1 Å². The van der Waals surface area contributed by atoms with Crippen LogP contribution in [0.4, 0.5) is 0 Å². The lowest BCUT2D eigenvalue weighted by Gasteiger charge is -2.23.